The van der Waals surface area contributed by atoms with Crippen molar-refractivity contribution < 1.29 is 16.8 Å². The van der Waals surface area contributed by atoms with Crippen molar-refractivity contribution in [3.05, 3.63) is 35.2 Å². The van der Waals surface area contributed by atoms with Crippen LogP contribution in [-0.2, 0) is 26.1 Å². The van der Waals surface area contributed by atoms with Gasteiger partial charge in [-0.05, 0) is 34.1 Å². The average molecular weight is 415 g/mol. The van der Waals surface area contributed by atoms with Crippen molar-refractivity contribution in [2.45, 2.75) is 9.92 Å². The van der Waals surface area contributed by atoms with Gasteiger partial charge in [0.05, 0.1) is 16.9 Å². The van der Waals surface area contributed by atoms with E-state index in [1.807, 2.05) is 0 Å². The molecule has 0 unspecified atom stereocenters. The van der Waals surface area contributed by atoms with Crippen LogP contribution in [0.1, 0.15) is 0 Å². The molecule has 0 saturated carbocycles. The first-order chi connectivity index (χ1) is 9.59. The Morgan fingerprint density at radius 2 is 1.95 bits per heavy atom. The lowest BCUT2D eigenvalue weighted by Gasteiger charge is -2.08. The number of sulfonamides is 1. The van der Waals surface area contributed by atoms with E-state index in [1.54, 1.807) is 7.05 Å². The molecule has 21 heavy (non-hydrogen) atoms. The van der Waals surface area contributed by atoms with Crippen molar-refractivity contribution in [3.8, 4) is 0 Å². The third kappa shape index (κ3) is 3.76. The van der Waals surface area contributed by atoms with E-state index in [0.717, 1.165) is 0 Å². The molecule has 2 aromatic rings. The molecule has 0 saturated heterocycles. The molecule has 0 aliphatic carbocycles. The van der Waals surface area contributed by atoms with E-state index >= 15 is 0 Å². The maximum atomic E-state index is 12.1. The number of benzene rings is 1. The molecule has 0 bridgehead atoms. The molecule has 0 aliphatic heterocycles. The van der Waals surface area contributed by atoms with Crippen LogP contribution in [0.5, 0.6) is 0 Å². The van der Waals surface area contributed by atoms with E-state index in [0.29, 0.717) is 0 Å². The van der Waals surface area contributed by atoms with Crippen LogP contribution >= 0.6 is 26.6 Å². The number of nitrogens with one attached hydrogen (secondary N) is 1. The molecule has 114 valence electrons. The number of hydrogen-bond acceptors (Lipinski definition) is 5. The van der Waals surface area contributed by atoms with Gasteiger partial charge in [-0.1, -0.05) is 0 Å². The van der Waals surface area contributed by atoms with E-state index in [9.17, 15) is 16.8 Å². The van der Waals surface area contributed by atoms with Crippen molar-refractivity contribution in [1.82, 2.24) is 9.55 Å². The van der Waals surface area contributed by atoms with E-state index in [2.05, 4.69) is 25.6 Å². The molecule has 7 nitrogen and oxygen atoms in total. The first-order valence-corrected chi connectivity index (χ1v) is 9.93. The fraction of sp³-hybridized carbons (Fsp3) is 0.100. The molecule has 1 heterocycles. The molecular weight excluding hydrogens is 406 g/mol. The predicted octanol–water partition coefficient (Wildman–Crippen LogP) is 1.91. The Morgan fingerprint density at radius 1 is 1.29 bits per heavy atom. The van der Waals surface area contributed by atoms with Crippen LogP contribution in [0, 0.1) is 0 Å². The summed E-state index contributed by atoms with van der Waals surface area (Å²) in [7, 11) is -0.887. The van der Waals surface area contributed by atoms with Crippen LogP contribution in [0.2, 0.25) is 0 Å². The minimum atomic E-state index is -3.89. The second-order valence-corrected chi connectivity index (χ2v) is 9.11. The smallest absolute Gasteiger partial charge is 0.280 e. The molecule has 1 aromatic heterocycles. The normalized spacial score (nSPS) is 12.3. The number of rotatable bonds is 4. The first kappa shape index (κ1) is 16.3. The monoisotopic (exact) mass is 413 g/mol. The number of aryl methyl sites for hydroxylation is 1. The Kier molecular flexibility index (Phi) is 4.34. The van der Waals surface area contributed by atoms with Gasteiger partial charge < -0.3 is 4.57 Å². The fourth-order valence-corrected chi connectivity index (χ4v) is 4.06. The highest BCUT2D eigenvalue weighted by atomic mass is 79.9. The lowest BCUT2D eigenvalue weighted by atomic mass is 10.3. The van der Waals surface area contributed by atoms with Crippen LogP contribution in [-0.4, -0.2) is 26.4 Å². The average Bonchev–Trinajstić information content (AvgIpc) is 2.78. The summed E-state index contributed by atoms with van der Waals surface area (Å²) >= 11 is 3.09. The second kappa shape index (κ2) is 5.59. The molecule has 2 rings (SSSR count). The Hall–Kier alpha value is -1.10. The Balaban J connectivity index is 2.36. The van der Waals surface area contributed by atoms with Gasteiger partial charge in [-0.15, -0.1) is 0 Å². The predicted molar refractivity (Wildman–Crippen MR) is 81.2 cm³/mol. The van der Waals surface area contributed by atoms with Crippen molar-refractivity contribution in [2.24, 2.45) is 7.05 Å². The lowest BCUT2D eigenvalue weighted by molar-refractivity contribution is 0.598. The quantitative estimate of drug-likeness (QED) is 0.771. The zero-order valence-electron chi connectivity index (χ0n) is 10.5. The summed E-state index contributed by atoms with van der Waals surface area (Å²) in [4.78, 5) is 3.61. The van der Waals surface area contributed by atoms with Gasteiger partial charge >= 0.3 is 0 Å². The summed E-state index contributed by atoms with van der Waals surface area (Å²) in [6.45, 7) is 0. The van der Waals surface area contributed by atoms with Gasteiger partial charge in [0.25, 0.3) is 19.1 Å². The number of hydrogen-bond donors (Lipinski definition) is 1. The van der Waals surface area contributed by atoms with E-state index in [4.69, 9.17) is 10.7 Å². The first-order valence-electron chi connectivity index (χ1n) is 5.34. The van der Waals surface area contributed by atoms with Crippen LogP contribution in [0.4, 0.5) is 5.69 Å². The molecule has 0 aliphatic rings. The zero-order valence-corrected chi connectivity index (χ0v) is 14.5. The highest BCUT2D eigenvalue weighted by Gasteiger charge is 2.19. The van der Waals surface area contributed by atoms with Gasteiger partial charge in [-0.25, -0.2) is 13.4 Å². The number of imidazole rings is 1. The number of aromatic nitrogens is 2. The standard InChI is InChI=1S/C10H9BrClN3O4S2/c1-15-5-10(13-6-15)21(18,19)14-9-3-2-7(4-8(9)11)20(12,16)17/h2-6,14H,1H3. The number of halogens is 2. The van der Waals surface area contributed by atoms with Crippen molar-refractivity contribution in [2.75, 3.05) is 4.72 Å². The fourth-order valence-electron chi connectivity index (χ4n) is 1.45. The van der Waals surface area contributed by atoms with E-state index < -0.39 is 19.1 Å². The van der Waals surface area contributed by atoms with Crippen molar-refractivity contribution in [1.29, 1.82) is 0 Å². The van der Waals surface area contributed by atoms with Crippen LogP contribution in [0.25, 0.3) is 0 Å². The summed E-state index contributed by atoms with van der Waals surface area (Å²) < 4.78 is 50.6. The van der Waals surface area contributed by atoms with Crippen LogP contribution < -0.4 is 4.72 Å². The van der Waals surface area contributed by atoms with Gasteiger partial charge in [0.15, 0.2) is 5.03 Å². The topological polar surface area (TPSA) is 98.1 Å². The molecule has 0 fully saturated rings. The van der Waals surface area contributed by atoms with Crippen LogP contribution in [0.15, 0.2) is 45.1 Å². The van der Waals surface area contributed by atoms with Gasteiger partial charge in [0, 0.05) is 28.4 Å². The number of anilines is 1. The molecule has 0 radical (unpaired) electrons. The molecular formula is C10H9BrClN3O4S2. The summed E-state index contributed by atoms with van der Waals surface area (Å²) in [6, 6.07) is 3.70. The van der Waals surface area contributed by atoms with Gasteiger partial charge in [0.1, 0.15) is 0 Å². The third-order valence-corrected chi connectivity index (χ3v) is 5.68. The summed E-state index contributed by atoms with van der Waals surface area (Å²) in [5, 5.41) is -0.147. The molecule has 0 spiro atoms. The second-order valence-electron chi connectivity index (χ2n) is 4.06. The van der Waals surface area contributed by atoms with Crippen molar-refractivity contribution in [3.63, 3.8) is 0 Å². The van der Waals surface area contributed by atoms with E-state index in [1.165, 1.54) is 35.3 Å². The molecule has 0 atom stereocenters. The molecule has 1 aromatic carbocycles. The summed E-state index contributed by atoms with van der Waals surface area (Å²) in [5.41, 5.74) is 0.171. The molecule has 1 N–H and O–H groups in total. The minimum absolute atomic E-state index is 0.142. The highest BCUT2D eigenvalue weighted by molar-refractivity contribution is 9.10. The molecule has 11 heteroatoms. The largest absolute Gasteiger partial charge is 0.339 e. The maximum absolute atomic E-state index is 12.1. The maximum Gasteiger partial charge on any atom is 0.280 e. The van der Waals surface area contributed by atoms with E-state index in [-0.39, 0.29) is 20.1 Å². The zero-order chi connectivity index (χ0) is 15.8. The minimum Gasteiger partial charge on any atom is -0.339 e. The highest BCUT2D eigenvalue weighted by Crippen LogP contribution is 2.28. The summed E-state index contributed by atoms with van der Waals surface area (Å²) in [6.07, 6.45) is 2.70. The number of nitrogens with zero attached hydrogens (tertiary/aromatic N) is 2. The van der Waals surface area contributed by atoms with Crippen molar-refractivity contribution >= 4 is 51.4 Å². The van der Waals surface area contributed by atoms with Crippen LogP contribution in [0.3, 0.4) is 0 Å². The Morgan fingerprint density at radius 3 is 2.43 bits per heavy atom. The molecule has 0 amide bonds. The summed E-state index contributed by atoms with van der Waals surface area (Å²) in [5.74, 6) is 0. The third-order valence-electron chi connectivity index (χ3n) is 2.42. The Bertz CT molecular complexity index is 893. The van der Waals surface area contributed by atoms with Gasteiger partial charge in [-0.3, -0.25) is 4.72 Å². The Labute approximate surface area is 134 Å². The SMILES string of the molecule is Cn1cnc(S(=O)(=O)Nc2ccc(S(=O)(=O)Cl)cc2Br)c1. The lowest BCUT2D eigenvalue weighted by Crippen LogP contribution is -2.14. The van der Waals surface area contributed by atoms with Gasteiger partial charge in [0.2, 0.25) is 0 Å². The van der Waals surface area contributed by atoms with Gasteiger partial charge in [-0.2, -0.15) is 8.42 Å².